The van der Waals surface area contributed by atoms with Crippen LogP contribution in [0.5, 0.6) is 0 Å². The highest BCUT2D eigenvalue weighted by molar-refractivity contribution is 5.96. The van der Waals surface area contributed by atoms with Crippen molar-refractivity contribution >= 4 is 17.6 Å². The highest BCUT2D eigenvalue weighted by Crippen LogP contribution is 2.65. The summed E-state index contributed by atoms with van der Waals surface area (Å²) in [4.78, 5) is 29.3. The van der Waals surface area contributed by atoms with E-state index in [1.54, 1.807) is 30.3 Å². The molecule has 3 fully saturated rings. The Morgan fingerprint density at radius 3 is 2.61 bits per heavy atom. The van der Waals surface area contributed by atoms with Gasteiger partial charge < -0.3 is 20.4 Å². The molecule has 36 heavy (non-hydrogen) atoms. The smallest absolute Gasteiger partial charge is 0.330 e. The molecule has 0 saturated heterocycles. The van der Waals surface area contributed by atoms with Crippen molar-refractivity contribution in [2.75, 3.05) is 6.61 Å². The van der Waals surface area contributed by atoms with Crippen molar-refractivity contribution in [1.29, 1.82) is 0 Å². The third-order valence-electron chi connectivity index (χ3n) is 9.99. The zero-order valence-electron chi connectivity index (χ0n) is 21.3. The third-order valence-corrected chi connectivity index (χ3v) is 9.99. The van der Waals surface area contributed by atoms with Gasteiger partial charge in [-0.2, -0.15) is 0 Å². The number of oxime groups is 1. The molecule has 3 N–H and O–H groups in total. The number of carboxylic acid groups (broad SMARTS) is 1. The van der Waals surface area contributed by atoms with Gasteiger partial charge in [-0.3, -0.25) is 4.79 Å². The molecule has 4 aliphatic rings. The van der Waals surface area contributed by atoms with E-state index in [-0.39, 0.29) is 23.5 Å². The molecular weight excluding hydrogens is 456 g/mol. The van der Waals surface area contributed by atoms with Gasteiger partial charge in [-0.1, -0.05) is 54.9 Å². The number of carbonyl (C=O) groups is 2. The molecule has 0 heterocycles. The van der Waals surface area contributed by atoms with E-state index in [0.717, 1.165) is 44.2 Å². The molecule has 7 nitrogen and oxygen atoms in total. The lowest BCUT2D eigenvalue weighted by Crippen LogP contribution is -2.51. The fraction of sp³-hybridized carbons (Fsp3) is 0.621. The zero-order chi connectivity index (χ0) is 25.5. The van der Waals surface area contributed by atoms with Gasteiger partial charge in [-0.25, -0.2) is 4.79 Å². The van der Waals surface area contributed by atoms with E-state index in [9.17, 15) is 19.8 Å². The average Bonchev–Trinajstić information content (AvgIpc) is 3.17. The summed E-state index contributed by atoms with van der Waals surface area (Å²) in [7, 11) is 0. The van der Waals surface area contributed by atoms with Crippen LogP contribution >= 0.6 is 0 Å². The minimum Gasteiger partial charge on any atom is -0.479 e. The van der Waals surface area contributed by atoms with Crippen molar-refractivity contribution in [1.82, 2.24) is 5.32 Å². The SMILES string of the molecule is C[C@]12CC[C@@H]3[C@H](CCC4=CC(=NOCC(=O)N[C@H](C(=O)O)c5ccccc5)CC[C@@]43C)[C@H]1CC[C@@H]2O. The first-order chi connectivity index (χ1) is 17.2. The maximum atomic E-state index is 12.3. The summed E-state index contributed by atoms with van der Waals surface area (Å²) in [5.74, 6) is 0.330. The minimum atomic E-state index is -1.12. The summed E-state index contributed by atoms with van der Waals surface area (Å²) in [6.07, 6.45) is 10.5. The maximum absolute atomic E-state index is 12.3. The molecule has 4 aliphatic carbocycles. The standard InChI is InChI=1S/C29H38N2O5/c1-28-14-12-20(31-36-17-25(33)30-26(27(34)35)18-6-4-3-5-7-18)16-19(28)8-9-21-22-10-11-24(32)29(22,2)15-13-23(21)28/h3-7,16,21-24,26,32H,8-15,17H2,1-2H3,(H,30,33)(H,34,35)/t21-,22-,23-,24+,26+,28+,29+/m1/s1. The van der Waals surface area contributed by atoms with Gasteiger partial charge in [0.2, 0.25) is 0 Å². The van der Waals surface area contributed by atoms with Crippen LogP contribution in [0.15, 0.2) is 47.1 Å². The van der Waals surface area contributed by atoms with Crippen LogP contribution < -0.4 is 5.32 Å². The third kappa shape index (κ3) is 4.36. The number of fused-ring (bicyclic) bond motifs is 5. The number of nitrogens with one attached hydrogen (secondary N) is 1. The fourth-order valence-corrected chi connectivity index (χ4v) is 7.93. The summed E-state index contributed by atoms with van der Waals surface area (Å²) < 4.78 is 0. The van der Waals surface area contributed by atoms with E-state index in [2.05, 4.69) is 30.4 Å². The number of aliphatic hydroxyl groups is 1. The van der Waals surface area contributed by atoms with Gasteiger partial charge in [0.25, 0.3) is 5.91 Å². The van der Waals surface area contributed by atoms with Gasteiger partial charge in [0.15, 0.2) is 12.6 Å². The van der Waals surface area contributed by atoms with E-state index >= 15 is 0 Å². The number of allylic oxidation sites excluding steroid dienone is 2. The number of amides is 1. The number of carbonyl (C=O) groups excluding carboxylic acids is 1. The predicted molar refractivity (Wildman–Crippen MR) is 136 cm³/mol. The summed E-state index contributed by atoms with van der Waals surface area (Å²) in [5.41, 5.74) is 3.06. The minimum absolute atomic E-state index is 0.0919. The number of nitrogens with zero attached hydrogens (tertiary/aromatic N) is 1. The first-order valence-corrected chi connectivity index (χ1v) is 13.4. The lowest BCUT2D eigenvalue weighted by atomic mass is 9.47. The molecule has 3 saturated carbocycles. The van der Waals surface area contributed by atoms with Crippen LogP contribution in [0.1, 0.15) is 76.8 Å². The first kappa shape index (κ1) is 25.0. The Bertz CT molecular complexity index is 1070. The fourth-order valence-electron chi connectivity index (χ4n) is 7.93. The van der Waals surface area contributed by atoms with Crippen molar-refractivity contribution in [3.05, 3.63) is 47.5 Å². The number of rotatable bonds is 6. The number of aliphatic hydroxyl groups excluding tert-OH is 1. The van der Waals surface area contributed by atoms with Crippen LogP contribution in [-0.4, -0.2) is 40.5 Å². The lowest BCUT2D eigenvalue weighted by Gasteiger charge is -2.57. The van der Waals surface area contributed by atoms with Crippen LogP contribution in [0.4, 0.5) is 0 Å². The van der Waals surface area contributed by atoms with E-state index < -0.39 is 17.9 Å². The Morgan fingerprint density at radius 2 is 1.86 bits per heavy atom. The van der Waals surface area contributed by atoms with Crippen LogP contribution in [0, 0.1) is 28.6 Å². The highest BCUT2D eigenvalue weighted by Gasteiger charge is 2.58. The molecular formula is C29H38N2O5. The number of benzene rings is 1. The summed E-state index contributed by atoms with van der Waals surface area (Å²) in [5, 5.41) is 26.9. The van der Waals surface area contributed by atoms with Crippen molar-refractivity contribution in [2.45, 2.75) is 77.4 Å². The van der Waals surface area contributed by atoms with Crippen LogP contribution in [0.3, 0.4) is 0 Å². The highest BCUT2D eigenvalue weighted by atomic mass is 16.6. The maximum Gasteiger partial charge on any atom is 0.330 e. The molecule has 0 aliphatic heterocycles. The predicted octanol–water partition coefficient (Wildman–Crippen LogP) is 4.62. The van der Waals surface area contributed by atoms with Gasteiger partial charge in [-0.15, -0.1) is 0 Å². The molecule has 1 amide bonds. The molecule has 194 valence electrons. The second kappa shape index (κ2) is 9.66. The van der Waals surface area contributed by atoms with Crippen LogP contribution in [-0.2, 0) is 14.4 Å². The molecule has 5 rings (SSSR count). The summed E-state index contributed by atoms with van der Waals surface area (Å²) >= 11 is 0. The number of hydrogen-bond donors (Lipinski definition) is 3. The van der Waals surface area contributed by atoms with Crippen molar-refractivity contribution in [2.24, 2.45) is 33.7 Å². The number of carboxylic acids is 1. The second-order valence-electron chi connectivity index (χ2n) is 11.7. The number of hydrogen-bond acceptors (Lipinski definition) is 5. The second-order valence-corrected chi connectivity index (χ2v) is 11.7. The normalized spacial score (nSPS) is 37.2. The molecule has 7 heteroatoms. The van der Waals surface area contributed by atoms with Crippen LogP contribution in [0.2, 0.25) is 0 Å². The summed E-state index contributed by atoms with van der Waals surface area (Å²) in [6, 6.07) is 7.48. The lowest BCUT2D eigenvalue weighted by molar-refractivity contribution is -0.142. The molecule has 1 aromatic carbocycles. The molecule has 7 atom stereocenters. The first-order valence-electron chi connectivity index (χ1n) is 13.4. The molecule has 0 radical (unpaired) electrons. The Hall–Kier alpha value is -2.67. The Kier molecular flexibility index (Phi) is 6.70. The van der Waals surface area contributed by atoms with Crippen molar-refractivity contribution in [3.8, 4) is 0 Å². The topological polar surface area (TPSA) is 108 Å². The molecule has 0 unspecified atom stereocenters. The zero-order valence-corrected chi connectivity index (χ0v) is 21.3. The molecule has 0 spiro atoms. The van der Waals surface area contributed by atoms with E-state index in [1.165, 1.54) is 18.4 Å². The molecule has 0 bridgehead atoms. The van der Waals surface area contributed by atoms with Gasteiger partial charge in [0, 0.05) is 0 Å². The van der Waals surface area contributed by atoms with E-state index in [0.29, 0.717) is 23.3 Å². The van der Waals surface area contributed by atoms with E-state index in [1.807, 2.05) is 0 Å². The summed E-state index contributed by atoms with van der Waals surface area (Å²) in [6.45, 7) is 4.41. The van der Waals surface area contributed by atoms with Crippen molar-refractivity contribution < 1.29 is 24.6 Å². The largest absolute Gasteiger partial charge is 0.479 e. The van der Waals surface area contributed by atoms with Crippen LogP contribution in [0.25, 0.3) is 0 Å². The number of aliphatic carboxylic acids is 1. The van der Waals surface area contributed by atoms with Crippen molar-refractivity contribution in [3.63, 3.8) is 0 Å². The quantitative estimate of drug-likeness (QED) is 0.500. The Labute approximate surface area is 213 Å². The Morgan fingerprint density at radius 1 is 1.08 bits per heavy atom. The monoisotopic (exact) mass is 494 g/mol. The van der Waals surface area contributed by atoms with E-state index in [4.69, 9.17) is 4.84 Å². The van der Waals surface area contributed by atoms with Gasteiger partial charge in [-0.05, 0) is 91.6 Å². The van der Waals surface area contributed by atoms with Gasteiger partial charge >= 0.3 is 5.97 Å². The Balaban J connectivity index is 1.21. The van der Waals surface area contributed by atoms with Gasteiger partial charge in [0.05, 0.1) is 11.8 Å². The molecule has 1 aromatic rings. The molecule has 0 aromatic heterocycles. The average molecular weight is 495 g/mol. The van der Waals surface area contributed by atoms with Gasteiger partial charge in [0.1, 0.15) is 0 Å².